The third-order valence-electron chi connectivity index (χ3n) is 4.13. The van der Waals surface area contributed by atoms with E-state index in [0.717, 1.165) is 0 Å². The molecule has 0 aromatic heterocycles. The number of ether oxygens (including phenoxy) is 2. The Bertz CT molecular complexity index is 675. The fourth-order valence-electron chi connectivity index (χ4n) is 2.98. The van der Waals surface area contributed by atoms with Crippen LogP contribution in [0, 0.1) is 0 Å². The second kappa shape index (κ2) is 6.48. The predicted molar refractivity (Wildman–Crippen MR) is 89.4 cm³/mol. The number of carbonyl (C=O) groups excluding carboxylic acids is 3. The number of hydrogen-bond donors (Lipinski definition) is 0. The summed E-state index contributed by atoms with van der Waals surface area (Å²) >= 11 is 0. The summed E-state index contributed by atoms with van der Waals surface area (Å²) in [5.41, 5.74) is 0.177. The smallest absolute Gasteiger partial charge is 0.410 e. The van der Waals surface area contributed by atoms with Crippen LogP contribution in [0.5, 0.6) is 0 Å². The average Bonchev–Trinajstić information content (AvgIpc) is 2.79. The van der Waals surface area contributed by atoms with Gasteiger partial charge < -0.3 is 9.47 Å². The summed E-state index contributed by atoms with van der Waals surface area (Å²) in [6.07, 6.45) is -0.461. The van der Waals surface area contributed by atoms with Crippen LogP contribution < -0.4 is 0 Å². The first kappa shape index (κ1) is 17.4. The highest BCUT2D eigenvalue weighted by molar-refractivity contribution is 6.21. The van der Waals surface area contributed by atoms with Crippen molar-refractivity contribution in [2.24, 2.45) is 0 Å². The zero-order valence-electron chi connectivity index (χ0n) is 14.7. The molecule has 1 fully saturated rings. The summed E-state index contributed by atoms with van der Waals surface area (Å²) in [5, 5.41) is 0. The van der Waals surface area contributed by atoms with Gasteiger partial charge in [-0.3, -0.25) is 19.4 Å². The number of benzene rings is 1. The molecule has 3 rings (SSSR count). The summed E-state index contributed by atoms with van der Waals surface area (Å²) in [7, 11) is 0. The lowest BCUT2D eigenvalue weighted by molar-refractivity contribution is -0.0367. The van der Waals surface area contributed by atoms with Crippen LogP contribution in [-0.2, 0) is 9.47 Å². The second-order valence-electron chi connectivity index (χ2n) is 7.17. The van der Waals surface area contributed by atoms with Gasteiger partial charge in [-0.15, -0.1) is 0 Å². The first-order valence-corrected chi connectivity index (χ1v) is 8.30. The van der Waals surface area contributed by atoms with Gasteiger partial charge in [0.1, 0.15) is 5.60 Å². The topological polar surface area (TPSA) is 76.2 Å². The molecule has 2 aliphatic heterocycles. The van der Waals surface area contributed by atoms with Gasteiger partial charge in [0.2, 0.25) is 0 Å². The van der Waals surface area contributed by atoms with Crippen LogP contribution >= 0.6 is 0 Å². The minimum absolute atomic E-state index is 0.0889. The molecule has 7 heteroatoms. The maximum absolute atomic E-state index is 12.5. The lowest BCUT2D eigenvalue weighted by atomic mass is 10.1. The summed E-state index contributed by atoms with van der Waals surface area (Å²) in [6, 6.07) is 6.30. The molecule has 2 heterocycles. The molecular weight excluding hydrogens is 324 g/mol. The molecule has 0 radical (unpaired) electrons. The highest BCUT2D eigenvalue weighted by Crippen LogP contribution is 2.24. The van der Waals surface area contributed by atoms with E-state index < -0.39 is 17.7 Å². The Morgan fingerprint density at radius 2 is 1.80 bits per heavy atom. The van der Waals surface area contributed by atoms with E-state index >= 15 is 0 Å². The molecule has 0 bridgehead atoms. The van der Waals surface area contributed by atoms with Crippen LogP contribution in [0.1, 0.15) is 41.5 Å². The Morgan fingerprint density at radius 1 is 1.20 bits per heavy atom. The molecule has 134 valence electrons. The van der Waals surface area contributed by atoms with Crippen molar-refractivity contribution in [3.8, 4) is 0 Å². The number of morpholine rings is 1. The van der Waals surface area contributed by atoms with Gasteiger partial charge >= 0.3 is 6.09 Å². The van der Waals surface area contributed by atoms with Gasteiger partial charge in [0.25, 0.3) is 11.8 Å². The molecule has 0 unspecified atom stereocenters. The summed E-state index contributed by atoms with van der Waals surface area (Å²) in [5.74, 6) is -0.675. The van der Waals surface area contributed by atoms with E-state index in [-0.39, 0.29) is 25.0 Å². The number of fused-ring (bicyclic) bond motifs is 1. The summed E-state index contributed by atoms with van der Waals surface area (Å²) < 4.78 is 10.9. The SMILES string of the molecule is CC(C)(C)OC(=O)N1CCOC[C@H]1CN1C(=O)c2ccccc2C1=O. The second-order valence-corrected chi connectivity index (χ2v) is 7.17. The number of imide groups is 1. The van der Waals surface area contributed by atoms with Gasteiger partial charge in [-0.05, 0) is 32.9 Å². The van der Waals surface area contributed by atoms with Gasteiger partial charge in [-0.1, -0.05) is 12.1 Å². The van der Waals surface area contributed by atoms with Gasteiger partial charge in [-0.2, -0.15) is 0 Å². The van der Waals surface area contributed by atoms with E-state index in [1.54, 1.807) is 45.0 Å². The Kier molecular flexibility index (Phi) is 4.51. The molecular formula is C18H22N2O5. The third-order valence-corrected chi connectivity index (χ3v) is 4.13. The van der Waals surface area contributed by atoms with Crippen molar-refractivity contribution in [1.29, 1.82) is 0 Å². The molecule has 0 N–H and O–H groups in total. The normalized spacial score (nSPS) is 20.7. The molecule has 3 amide bonds. The molecule has 0 saturated carbocycles. The number of hydrogen-bond acceptors (Lipinski definition) is 5. The molecule has 25 heavy (non-hydrogen) atoms. The van der Waals surface area contributed by atoms with Crippen LogP contribution in [0.4, 0.5) is 4.79 Å². The van der Waals surface area contributed by atoms with Crippen molar-refractivity contribution in [3.63, 3.8) is 0 Å². The number of rotatable bonds is 2. The summed E-state index contributed by atoms with van der Waals surface area (Å²) in [6.45, 7) is 6.50. The van der Waals surface area contributed by atoms with Gasteiger partial charge in [-0.25, -0.2) is 4.79 Å². The Morgan fingerprint density at radius 3 is 2.36 bits per heavy atom. The van der Waals surface area contributed by atoms with E-state index in [0.29, 0.717) is 24.3 Å². The zero-order valence-corrected chi connectivity index (χ0v) is 14.7. The number of nitrogens with zero attached hydrogens (tertiary/aromatic N) is 2. The monoisotopic (exact) mass is 346 g/mol. The fraction of sp³-hybridized carbons (Fsp3) is 0.500. The van der Waals surface area contributed by atoms with E-state index in [4.69, 9.17) is 9.47 Å². The van der Waals surface area contributed by atoms with Crippen molar-refractivity contribution < 1.29 is 23.9 Å². The number of carbonyl (C=O) groups is 3. The Hall–Kier alpha value is -2.41. The van der Waals surface area contributed by atoms with E-state index in [2.05, 4.69) is 0 Å². The molecule has 0 aliphatic carbocycles. The van der Waals surface area contributed by atoms with Crippen molar-refractivity contribution >= 4 is 17.9 Å². The number of amides is 3. The van der Waals surface area contributed by atoms with Crippen molar-refractivity contribution in [2.45, 2.75) is 32.4 Å². The van der Waals surface area contributed by atoms with Crippen LogP contribution in [0.25, 0.3) is 0 Å². The van der Waals surface area contributed by atoms with Gasteiger partial charge in [0.15, 0.2) is 0 Å². The minimum atomic E-state index is -0.616. The van der Waals surface area contributed by atoms with Crippen molar-refractivity contribution in [2.75, 3.05) is 26.3 Å². The lowest BCUT2D eigenvalue weighted by Gasteiger charge is -2.37. The molecule has 1 aromatic rings. The largest absolute Gasteiger partial charge is 0.444 e. The van der Waals surface area contributed by atoms with Crippen molar-refractivity contribution in [1.82, 2.24) is 9.80 Å². The molecule has 0 spiro atoms. The maximum Gasteiger partial charge on any atom is 0.410 e. The van der Waals surface area contributed by atoms with E-state index in [9.17, 15) is 14.4 Å². The fourth-order valence-corrected chi connectivity index (χ4v) is 2.98. The van der Waals surface area contributed by atoms with Crippen LogP contribution in [0.2, 0.25) is 0 Å². The van der Waals surface area contributed by atoms with Crippen molar-refractivity contribution in [3.05, 3.63) is 35.4 Å². The molecule has 2 aliphatic rings. The van der Waals surface area contributed by atoms with Crippen LogP contribution in [0.15, 0.2) is 24.3 Å². The molecule has 1 aromatic carbocycles. The van der Waals surface area contributed by atoms with E-state index in [1.165, 1.54) is 9.80 Å². The first-order chi connectivity index (χ1) is 11.8. The quantitative estimate of drug-likeness (QED) is 0.765. The zero-order chi connectivity index (χ0) is 18.2. The first-order valence-electron chi connectivity index (χ1n) is 8.30. The Balaban J connectivity index is 1.76. The lowest BCUT2D eigenvalue weighted by Crippen LogP contribution is -2.55. The Labute approximate surface area is 146 Å². The maximum atomic E-state index is 12.5. The van der Waals surface area contributed by atoms with Gasteiger partial charge in [0, 0.05) is 6.54 Å². The third kappa shape index (κ3) is 3.51. The van der Waals surface area contributed by atoms with Crippen LogP contribution in [-0.4, -0.2) is 65.7 Å². The predicted octanol–water partition coefficient (Wildman–Crippen LogP) is 1.92. The molecule has 1 atom stereocenters. The molecule has 7 nitrogen and oxygen atoms in total. The highest BCUT2D eigenvalue weighted by atomic mass is 16.6. The average molecular weight is 346 g/mol. The summed E-state index contributed by atoms with van der Waals surface area (Å²) in [4.78, 5) is 40.2. The van der Waals surface area contributed by atoms with Crippen LogP contribution in [0.3, 0.4) is 0 Å². The minimum Gasteiger partial charge on any atom is -0.444 e. The molecule has 1 saturated heterocycles. The van der Waals surface area contributed by atoms with E-state index in [1.807, 2.05) is 0 Å². The standard InChI is InChI=1S/C18H22N2O5/c1-18(2,3)25-17(23)19-8-9-24-11-12(19)10-20-15(21)13-6-4-5-7-14(13)16(20)22/h4-7,12H,8-11H2,1-3H3/t12-/m1/s1. The van der Waals surface area contributed by atoms with Gasteiger partial charge in [0.05, 0.1) is 36.9 Å². The highest BCUT2D eigenvalue weighted by Gasteiger charge is 2.39.